The molecule has 3 atom stereocenters. The number of rotatable bonds is 7. The van der Waals surface area contributed by atoms with Gasteiger partial charge in [-0.05, 0) is 18.1 Å². The third-order valence-corrected chi connectivity index (χ3v) is 7.15. The van der Waals surface area contributed by atoms with Crippen LogP contribution in [0.15, 0.2) is 57.6 Å². The Kier molecular flexibility index (Phi) is 6.18. The summed E-state index contributed by atoms with van der Waals surface area (Å²) in [5.41, 5.74) is 1.48. The molecule has 0 spiro atoms. The molecule has 1 aromatic heterocycles. The predicted octanol–water partition coefficient (Wildman–Crippen LogP) is 1.84. The van der Waals surface area contributed by atoms with Crippen molar-refractivity contribution in [2.24, 2.45) is 0 Å². The highest BCUT2D eigenvalue weighted by Gasteiger charge is 2.54. The van der Waals surface area contributed by atoms with Crippen LogP contribution in [0.1, 0.15) is 18.5 Å². The number of aliphatic carboxylic acids is 1. The average Bonchev–Trinajstić information content (AvgIpc) is 3.29. The number of hydrogen-bond donors (Lipinski definition) is 3. The Hall–Kier alpha value is -2.99. The molecule has 3 heterocycles. The van der Waals surface area contributed by atoms with Gasteiger partial charge >= 0.3 is 12.0 Å². The predicted molar refractivity (Wildman–Crippen MR) is 113 cm³/mol. The lowest BCUT2D eigenvalue weighted by molar-refractivity contribution is -0.148. The van der Waals surface area contributed by atoms with Gasteiger partial charge in [0.25, 0.3) is 11.1 Å². The number of β-lactam (4-membered cyclic amide) rings is 1. The molecule has 2 aromatic rings. The van der Waals surface area contributed by atoms with Crippen LogP contribution in [-0.2, 0) is 9.59 Å². The van der Waals surface area contributed by atoms with Gasteiger partial charge in [-0.2, -0.15) is 0 Å². The van der Waals surface area contributed by atoms with E-state index in [1.807, 2.05) is 37.3 Å². The third-order valence-electron chi connectivity index (χ3n) is 4.89. The summed E-state index contributed by atoms with van der Waals surface area (Å²) in [4.78, 5) is 38.2. The van der Waals surface area contributed by atoms with Gasteiger partial charge in [0, 0.05) is 11.5 Å². The first-order valence-electron chi connectivity index (χ1n) is 9.36. The first-order chi connectivity index (χ1) is 15.0. The first kappa shape index (κ1) is 21.2. The van der Waals surface area contributed by atoms with Crippen molar-refractivity contribution >= 4 is 41.4 Å². The number of carboxylic acid groups (broad SMARTS) is 1. The fourth-order valence-electron chi connectivity index (χ4n) is 3.37. The van der Waals surface area contributed by atoms with Crippen molar-refractivity contribution < 1.29 is 23.9 Å². The van der Waals surface area contributed by atoms with Gasteiger partial charge in [0.05, 0.1) is 6.04 Å². The van der Waals surface area contributed by atoms with Crippen LogP contribution in [0, 0.1) is 0 Å². The molecule has 1 saturated heterocycles. The minimum absolute atomic E-state index is 0.0446. The van der Waals surface area contributed by atoms with Gasteiger partial charge in [-0.15, -0.1) is 22.0 Å². The van der Waals surface area contributed by atoms with Crippen molar-refractivity contribution in [1.29, 1.82) is 0 Å². The molecule has 1 fully saturated rings. The number of urea groups is 1. The van der Waals surface area contributed by atoms with E-state index in [1.54, 1.807) is 0 Å². The standard InChI is InChI=1S/C19H19N5O5S2/c1-10(11-5-3-2-4-6-11)21-18(28)22-13-15(25)24-14(17(26)27)12(7-30-16(13)24)8-31-19-23-20-9-29-19/h2-6,9-10,13,16H,7-8H2,1H3,(H,26,27)(H2,21,22,28)/t10?,13?,16-/m0/s1. The highest BCUT2D eigenvalue weighted by atomic mass is 32.2. The molecular weight excluding hydrogens is 442 g/mol. The van der Waals surface area contributed by atoms with Gasteiger partial charge in [0.1, 0.15) is 17.1 Å². The fraction of sp³-hybridized carbons (Fsp3) is 0.316. The summed E-state index contributed by atoms with van der Waals surface area (Å²) in [6.07, 6.45) is 1.19. The molecule has 0 bridgehead atoms. The first-order valence-corrected chi connectivity index (χ1v) is 11.4. The molecule has 1 aromatic carbocycles. The molecule has 3 amide bonds. The van der Waals surface area contributed by atoms with E-state index >= 15 is 0 Å². The number of carboxylic acids is 1. The SMILES string of the molecule is CC(NC(=O)NC1C(=O)N2C(C(=O)O)=C(CSc3nnco3)CS[C@@H]12)c1ccccc1. The highest BCUT2D eigenvalue weighted by molar-refractivity contribution is 8.01. The zero-order valence-electron chi connectivity index (χ0n) is 16.3. The molecule has 3 N–H and O–H groups in total. The van der Waals surface area contributed by atoms with Crippen LogP contribution >= 0.6 is 23.5 Å². The third kappa shape index (κ3) is 4.39. The number of fused-ring (bicyclic) bond motifs is 1. The van der Waals surface area contributed by atoms with Crippen LogP contribution in [0.2, 0.25) is 0 Å². The molecule has 2 aliphatic heterocycles. The molecule has 31 heavy (non-hydrogen) atoms. The minimum atomic E-state index is -1.18. The summed E-state index contributed by atoms with van der Waals surface area (Å²) >= 11 is 2.62. The van der Waals surface area contributed by atoms with Crippen LogP contribution in [0.3, 0.4) is 0 Å². The van der Waals surface area contributed by atoms with Crippen LogP contribution < -0.4 is 10.6 Å². The monoisotopic (exact) mass is 461 g/mol. The largest absolute Gasteiger partial charge is 0.477 e. The maximum atomic E-state index is 12.7. The van der Waals surface area contributed by atoms with Crippen molar-refractivity contribution in [2.45, 2.75) is 29.6 Å². The van der Waals surface area contributed by atoms with E-state index in [4.69, 9.17) is 4.42 Å². The molecule has 4 rings (SSSR count). The zero-order chi connectivity index (χ0) is 22.0. The number of thioether (sulfide) groups is 2. The Morgan fingerprint density at radius 2 is 2.16 bits per heavy atom. The fourth-order valence-corrected chi connectivity index (χ4v) is 5.60. The minimum Gasteiger partial charge on any atom is -0.477 e. The normalized spacial score (nSPS) is 21.2. The molecule has 162 valence electrons. The Balaban J connectivity index is 1.40. The van der Waals surface area contributed by atoms with Crippen LogP contribution in [0.25, 0.3) is 0 Å². The van der Waals surface area contributed by atoms with E-state index in [0.717, 1.165) is 5.56 Å². The lowest BCUT2D eigenvalue weighted by Gasteiger charge is -2.49. The Labute approximate surface area is 185 Å². The molecular formula is C19H19N5O5S2. The van der Waals surface area contributed by atoms with Crippen molar-refractivity contribution in [3.05, 3.63) is 53.6 Å². The van der Waals surface area contributed by atoms with E-state index in [0.29, 0.717) is 22.3 Å². The molecule has 0 aliphatic carbocycles. The summed E-state index contributed by atoms with van der Waals surface area (Å²) in [6, 6.07) is 7.94. The number of benzene rings is 1. The average molecular weight is 462 g/mol. The van der Waals surface area contributed by atoms with E-state index in [9.17, 15) is 19.5 Å². The van der Waals surface area contributed by atoms with Crippen LogP contribution in [-0.4, -0.2) is 61.0 Å². The number of carbonyl (C=O) groups is 3. The molecule has 0 radical (unpaired) electrons. The van der Waals surface area contributed by atoms with E-state index in [2.05, 4.69) is 20.8 Å². The van der Waals surface area contributed by atoms with Crippen molar-refractivity contribution in [3.63, 3.8) is 0 Å². The number of nitrogens with zero attached hydrogens (tertiary/aromatic N) is 3. The van der Waals surface area contributed by atoms with Crippen LogP contribution in [0.4, 0.5) is 4.79 Å². The number of carbonyl (C=O) groups excluding carboxylic acids is 2. The molecule has 10 nitrogen and oxygen atoms in total. The number of hydrogen-bond acceptors (Lipinski definition) is 8. The summed E-state index contributed by atoms with van der Waals surface area (Å²) in [7, 11) is 0. The summed E-state index contributed by atoms with van der Waals surface area (Å²) < 4.78 is 5.06. The van der Waals surface area contributed by atoms with Crippen molar-refractivity contribution in [2.75, 3.05) is 11.5 Å². The summed E-state index contributed by atoms with van der Waals surface area (Å²) in [5.74, 6) is -0.907. The van der Waals surface area contributed by atoms with E-state index < -0.39 is 29.3 Å². The summed E-state index contributed by atoms with van der Waals surface area (Å²) in [5, 5.41) is 22.4. The maximum absolute atomic E-state index is 12.7. The van der Waals surface area contributed by atoms with Crippen LogP contribution in [0.5, 0.6) is 0 Å². The quantitative estimate of drug-likeness (QED) is 0.416. The van der Waals surface area contributed by atoms with Gasteiger partial charge in [-0.25, -0.2) is 9.59 Å². The van der Waals surface area contributed by atoms with Crippen molar-refractivity contribution in [1.82, 2.24) is 25.7 Å². The van der Waals surface area contributed by atoms with Gasteiger partial charge in [0.2, 0.25) is 6.39 Å². The molecule has 0 saturated carbocycles. The molecule has 2 aliphatic rings. The highest BCUT2D eigenvalue weighted by Crippen LogP contribution is 2.41. The topological polar surface area (TPSA) is 138 Å². The van der Waals surface area contributed by atoms with Gasteiger partial charge in [-0.3, -0.25) is 9.69 Å². The van der Waals surface area contributed by atoms with Gasteiger partial charge < -0.3 is 20.2 Å². The number of amides is 3. The molecule has 2 unspecified atom stereocenters. The second kappa shape index (κ2) is 9.02. The number of aromatic nitrogens is 2. The van der Waals surface area contributed by atoms with E-state index in [1.165, 1.54) is 34.8 Å². The van der Waals surface area contributed by atoms with E-state index in [-0.39, 0.29) is 11.7 Å². The lowest BCUT2D eigenvalue weighted by atomic mass is 10.0. The Bertz CT molecular complexity index is 1010. The lowest BCUT2D eigenvalue weighted by Crippen LogP contribution is -2.71. The Morgan fingerprint density at radius 3 is 2.84 bits per heavy atom. The second-order valence-corrected chi connectivity index (χ2v) is 8.92. The zero-order valence-corrected chi connectivity index (χ0v) is 18.0. The maximum Gasteiger partial charge on any atom is 0.352 e. The second-order valence-electron chi connectivity index (χ2n) is 6.89. The Morgan fingerprint density at radius 1 is 1.39 bits per heavy atom. The molecule has 12 heteroatoms. The smallest absolute Gasteiger partial charge is 0.352 e. The summed E-state index contributed by atoms with van der Waals surface area (Å²) in [6.45, 7) is 1.85. The van der Waals surface area contributed by atoms with Crippen molar-refractivity contribution in [3.8, 4) is 0 Å². The van der Waals surface area contributed by atoms with Gasteiger partial charge in [-0.1, -0.05) is 42.1 Å². The number of nitrogens with one attached hydrogen (secondary N) is 2. The van der Waals surface area contributed by atoms with Gasteiger partial charge in [0.15, 0.2) is 0 Å².